The van der Waals surface area contributed by atoms with E-state index in [0.717, 1.165) is 24.2 Å². The van der Waals surface area contributed by atoms with Crippen LogP contribution in [-0.4, -0.2) is 41.7 Å². The maximum absolute atomic E-state index is 13.3. The lowest BCUT2D eigenvalue weighted by atomic mass is 9.78. The number of oxime groups is 1. The maximum atomic E-state index is 13.3. The zero-order chi connectivity index (χ0) is 23.8. The van der Waals surface area contributed by atoms with Crippen molar-refractivity contribution in [3.8, 4) is 0 Å². The van der Waals surface area contributed by atoms with Gasteiger partial charge in [-0.2, -0.15) is 0 Å². The molecule has 33 heavy (non-hydrogen) atoms. The van der Waals surface area contributed by atoms with Gasteiger partial charge in [0.2, 0.25) is 0 Å². The van der Waals surface area contributed by atoms with Gasteiger partial charge in [0.1, 0.15) is 5.92 Å². The molecular formula is C26H32N2O5. The molecule has 4 atom stereocenters. The zero-order valence-electron chi connectivity index (χ0n) is 19.6. The van der Waals surface area contributed by atoms with Crippen molar-refractivity contribution in [2.75, 3.05) is 13.1 Å². The van der Waals surface area contributed by atoms with E-state index < -0.39 is 17.9 Å². The van der Waals surface area contributed by atoms with Crippen LogP contribution in [0.1, 0.15) is 57.3 Å². The van der Waals surface area contributed by atoms with Gasteiger partial charge in [0.15, 0.2) is 6.10 Å². The van der Waals surface area contributed by atoms with Crippen molar-refractivity contribution in [3.63, 3.8) is 0 Å². The third-order valence-electron chi connectivity index (χ3n) is 6.13. The number of carbonyl (C=O) groups is 2. The van der Waals surface area contributed by atoms with E-state index in [1.54, 1.807) is 6.92 Å². The van der Waals surface area contributed by atoms with Gasteiger partial charge < -0.3 is 4.84 Å². The minimum atomic E-state index is -0.784. The van der Waals surface area contributed by atoms with Gasteiger partial charge in [-0.3, -0.25) is 4.90 Å². The fourth-order valence-electron chi connectivity index (χ4n) is 4.32. The SMILES string of the molecule is CCC(=O)OOC(=O)C(C1=NOC(c2ccccc2)C1c1ccccc1)C(C)N(CC)CC. The molecule has 0 bridgehead atoms. The number of hydrogen-bond donors (Lipinski definition) is 0. The Morgan fingerprint density at radius 2 is 1.52 bits per heavy atom. The minimum Gasteiger partial charge on any atom is -0.387 e. The van der Waals surface area contributed by atoms with Crippen LogP contribution in [0.4, 0.5) is 0 Å². The predicted octanol–water partition coefficient (Wildman–Crippen LogP) is 4.66. The highest BCUT2D eigenvalue weighted by molar-refractivity contribution is 6.07. The van der Waals surface area contributed by atoms with Gasteiger partial charge in [-0.25, -0.2) is 19.4 Å². The Morgan fingerprint density at radius 1 is 0.939 bits per heavy atom. The van der Waals surface area contributed by atoms with Crippen LogP contribution in [0.25, 0.3) is 0 Å². The van der Waals surface area contributed by atoms with Crippen molar-refractivity contribution in [1.29, 1.82) is 0 Å². The fourth-order valence-corrected chi connectivity index (χ4v) is 4.32. The monoisotopic (exact) mass is 452 g/mol. The van der Waals surface area contributed by atoms with Crippen LogP contribution >= 0.6 is 0 Å². The lowest BCUT2D eigenvalue weighted by Crippen LogP contribution is -2.47. The van der Waals surface area contributed by atoms with Crippen molar-refractivity contribution < 1.29 is 24.2 Å². The second kappa shape index (κ2) is 11.6. The molecule has 0 aliphatic carbocycles. The Hall–Kier alpha value is -3.19. The molecule has 7 nitrogen and oxygen atoms in total. The Balaban J connectivity index is 2.02. The Bertz CT molecular complexity index is 944. The summed E-state index contributed by atoms with van der Waals surface area (Å²) in [7, 11) is 0. The van der Waals surface area contributed by atoms with E-state index in [4.69, 9.17) is 14.6 Å². The molecule has 7 heteroatoms. The second-order valence-corrected chi connectivity index (χ2v) is 7.99. The predicted molar refractivity (Wildman–Crippen MR) is 125 cm³/mol. The van der Waals surface area contributed by atoms with Crippen molar-refractivity contribution in [2.24, 2.45) is 11.1 Å². The van der Waals surface area contributed by atoms with E-state index in [9.17, 15) is 9.59 Å². The molecule has 1 aliphatic heterocycles. The average molecular weight is 453 g/mol. The van der Waals surface area contributed by atoms with Gasteiger partial charge in [-0.1, -0.05) is 86.6 Å². The third kappa shape index (κ3) is 5.60. The van der Waals surface area contributed by atoms with E-state index in [0.29, 0.717) is 5.71 Å². The first-order chi connectivity index (χ1) is 16.0. The largest absolute Gasteiger partial charge is 0.387 e. The van der Waals surface area contributed by atoms with Gasteiger partial charge in [0, 0.05) is 12.5 Å². The summed E-state index contributed by atoms with van der Waals surface area (Å²) in [4.78, 5) is 42.8. The van der Waals surface area contributed by atoms with Gasteiger partial charge in [-0.15, -0.1) is 0 Å². The van der Waals surface area contributed by atoms with Crippen LogP contribution in [-0.2, 0) is 24.2 Å². The van der Waals surface area contributed by atoms with Crippen molar-refractivity contribution in [3.05, 3.63) is 71.8 Å². The van der Waals surface area contributed by atoms with E-state index in [1.165, 1.54) is 0 Å². The second-order valence-electron chi connectivity index (χ2n) is 7.99. The number of benzene rings is 2. The molecule has 0 radical (unpaired) electrons. The molecular weight excluding hydrogens is 420 g/mol. The van der Waals surface area contributed by atoms with Gasteiger partial charge in [0.25, 0.3) is 0 Å². The standard InChI is InChI=1S/C26H32N2O5/c1-5-21(29)32-33-26(30)22(18(4)28(6-2)7-3)24-23(19-14-10-8-11-15-19)25(31-27-24)20-16-12-9-13-17-20/h8-18,22-23,25H,5-7H2,1-4H3. The zero-order valence-corrected chi connectivity index (χ0v) is 19.6. The number of nitrogens with zero attached hydrogens (tertiary/aromatic N) is 2. The van der Waals surface area contributed by atoms with Gasteiger partial charge in [-0.05, 0) is 31.1 Å². The number of hydrogen-bond acceptors (Lipinski definition) is 7. The van der Waals surface area contributed by atoms with Crippen molar-refractivity contribution in [2.45, 2.75) is 52.2 Å². The Labute approximate surface area is 195 Å². The normalized spacial score (nSPS) is 19.4. The topological polar surface area (TPSA) is 77.4 Å². The molecule has 0 saturated carbocycles. The maximum Gasteiger partial charge on any atom is 0.365 e. The highest BCUT2D eigenvalue weighted by Gasteiger charge is 2.46. The molecule has 0 N–H and O–H groups in total. The highest BCUT2D eigenvalue weighted by Crippen LogP contribution is 2.43. The average Bonchev–Trinajstić information content (AvgIpc) is 3.29. The van der Waals surface area contributed by atoms with Crippen molar-refractivity contribution >= 4 is 17.7 Å². The van der Waals surface area contributed by atoms with Crippen LogP contribution in [0.3, 0.4) is 0 Å². The number of carbonyl (C=O) groups excluding carboxylic acids is 2. The smallest absolute Gasteiger partial charge is 0.365 e. The highest BCUT2D eigenvalue weighted by atomic mass is 17.2. The molecule has 176 valence electrons. The van der Waals surface area contributed by atoms with Crippen molar-refractivity contribution in [1.82, 2.24) is 4.90 Å². The Kier molecular flexibility index (Phi) is 8.60. The summed E-state index contributed by atoms with van der Waals surface area (Å²) >= 11 is 0. The van der Waals surface area contributed by atoms with E-state index in [1.807, 2.05) is 81.4 Å². The van der Waals surface area contributed by atoms with E-state index in [2.05, 4.69) is 10.1 Å². The van der Waals surface area contributed by atoms with Crippen LogP contribution in [0.5, 0.6) is 0 Å². The van der Waals surface area contributed by atoms with E-state index >= 15 is 0 Å². The van der Waals surface area contributed by atoms with Gasteiger partial charge in [0.05, 0.1) is 11.6 Å². The molecule has 2 aromatic carbocycles. The fraction of sp³-hybridized carbons (Fsp3) is 0.423. The summed E-state index contributed by atoms with van der Waals surface area (Å²) in [6.07, 6.45) is -0.281. The van der Waals surface area contributed by atoms with Crippen LogP contribution in [0.2, 0.25) is 0 Å². The molecule has 0 amide bonds. The lowest BCUT2D eigenvalue weighted by Gasteiger charge is -2.33. The van der Waals surface area contributed by atoms with Gasteiger partial charge >= 0.3 is 11.9 Å². The molecule has 2 aromatic rings. The van der Waals surface area contributed by atoms with Crippen LogP contribution in [0.15, 0.2) is 65.8 Å². The minimum absolute atomic E-state index is 0.107. The Morgan fingerprint density at radius 3 is 2.06 bits per heavy atom. The molecule has 3 rings (SSSR count). The first-order valence-corrected chi connectivity index (χ1v) is 11.5. The van der Waals surface area contributed by atoms with Crippen LogP contribution in [0, 0.1) is 5.92 Å². The molecule has 4 unspecified atom stereocenters. The summed E-state index contributed by atoms with van der Waals surface area (Å²) in [5.41, 5.74) is 2.51. The lowest BCUT2D eigenvalue weighted by molar-refractivity contribution is -0.261. The molecule has 1 heterocycles. The molecule has 0 fully saturated rings. The summed E-state index contributed by atoms with van der Waals surface area (Å²) < 4.78 is 0. The number of rotatable bonds is 9. The molecule has 0 aromatic heterocycles. The third-order valence-corrected chi connectivity index (χ3v) is 6.13. The molecule has 1 aliphatic rings. The summed E-state index contributed by atoms with van der Waals surface area (Å²) in [5.74, 6) is -2.35. The summed E-state index contributed by atoms with van der Waals surface area (Å²) in [5, 5.41) is 4.44. The van der Waals surface area contributed by atoms with E-state index in [-0.39, 0.29) is 24.5 Å². The quantitative estimate of drug-likeness (QED) is 0.407. The summed E-state index contributed by atoms with van der Waals surface area (Å²) in [6, 6.07) is 19.4. The first kappa shape index (κ1) is 24.5. The molecule has 0 spiro atoms. The first-order valence-electron chi connectivity index (χ1n) is 11.5. The molecule has 0 saturated heterocycles. The summed E-state index contributed by atoms with van der Waals surface area (Å²) in [6.45, 7) is 9.14. The van der Waals surface area contributed by atoms with Crippen LogP contribution < -0.4 is 0 Å².